The minimum absolute atomic E-state index is 0.186. The molecule has 1 aromatic carbocycles. The van der Waals surface area contributed by atoms with E-state index in [4.69, 9.17) is 14.2 Å². The molecule has 1 saturated carbocycles. The predicted molar refractivity (Wildman–Crippen MR) is 87.9 cm³/mol. The zero-order chi connectivity index (χ0) is 16.2. The highest BCUT2D eigenvalue weighted by atomic mass is 16.5. The summed E-state index contributed by atoms with van der Waals surface area (Å²) in [6, 6.07) is 6.37. The van der Waals surface area contributed by atoms with Crippen molar-refractivity contribution in [2.24, 2.45) is 5.92 Å². The summed E-state index contributed by atoms with van der Waals surface area (Å²) in [5.74, 6) is 1.84. The molecule has 0 aromatic heterocycles. The molecule has 1 heterocycles. The molecule has 2 fully saturated rings. The van der Waals surface area contributed by atoms with Crippen LogP contribution >= 0.6 is 0 Å². The lowest BCUT2D eigenvalue weighted by Crippen LogP contribution is -2.50. The number of morpholine rings is 1. The molecule has 0 amide bonds. The van der Waals surface area contributed by atoms with Crippen molar-refractivity contribution in [3.05, 3.63) is 23.8 Å². The van der Waals surface area contributed by atoms with Crippen LogP contribution in [-0.2, 0) is 11.3 Å². The van der Waals surface area contributed by atoms with E-state index in [0.717, 1.165) is 57.1 Å². The maximum Gasteiger partial charge on any atom is 0.161 e. The van der Waals surface area contributed by atoms with Gasteiger partial charge in [-0.25, -0.2) is 0 Å². The van der Waals surface area contributed by atoms with Crippen molar-refractivity contribution in [3.63, 3.8) is 0 Å². The zero-order valence-corrected chi connectivity index (χ0v) is 14.0. The number of aliphatic hydroxyl groups excluding tert-OH is 1. The molecule has 128 valence electrons. The zero-order valence-electron chi connectivity index (χ0n) is 14.0. The molecular weight excluding hydrogens is 294 g/mol. The summed E-state index contributed by atoms with van der Waals surface area (Å²) < 4.78 is 16.4. The Kier molecular flexibility index (Phi) is 5.41. The Hall–Kier alpha value is -1.30. The van der Waals surface area contributed by atoms with Crippen molar-refractivity contribution in [2.45, 2.75) is 38.0 Å². The maximum atomic E-state index is 10.3. The number of benzene rings is 1. The molecule has 5 nitrogen and oxygen atoms in total. The molecular formula is C18H27NO4. The number of nitrogens with zero attached hydrogens (tertiary/aromatic N) is 1. The highest BCUT2D eigenvalue weighted by Gasteiger charge is 2.37. The first-order valence-corrected chi connectivity index (χ1v) is 8.43. The predicted octanol–water partition coefficient (Wildman–Crippen LogP) is 2.07. The van der Waals surface area contributed by atoms with Crippen LogP contribution in [0.3, 0.4) is 0 Å². The van der Waals surface area contributed by atoms with E-state index in [1.807, 2.05) is 12.1 Å². The van der Waals surface area contributed by atoms with Gasteiger partial charge in [0.2, 0.25) is 0 Å². The van der Waals surface area contributed by atoms with Gasteiger partial charge in [0.25, 0.3) is 0 Å². The summed E-state index contributed by atoms with van der Waals surface area (Å²) >= 11 is 0. The van der Waals surface area contributed by atoms with Crippen LogP contribution in [0.1, 0.15) is 24.8 Å². The first-order valence-electron chi connectivity index (χ1n) is 8.43. The minimum Gasteiger partial charge on any atom is -0.493 e. The number of hydrogen-bond acceptors (Lipinski definition) is 5. The van der Waals surface area contributed by atoms with Crippen molar-refractivity contribution < 1.29 is 19.3 Å². The molecule has 3 rings (SSSR count). The maximum absolute atomic E-state index is 10.3. The SMILES string of the molecule is COc1ccc(CN2CCOCC2C2CCCC2O)cc1OC. The molecule has 0 bridgehead atoms. The van der Waals surface area contributed by atoms with Crippen LogP contribution in [-0.4, -0.2) is 56.1 Å². The molecule has 0 spiro atoms. The summed E-state index contributed by atoms with van der Waals surface area (Å²) in [6.45, 7) is 3.22. The molecule has 5 heteroatoms. The van der Waals surface area contributed by atoms with Gasteiger partial charge in [-0.05, 0) is 30.5 Å². The van der Waals surface area contributed by atoms with Gasteiger partial charge in [0.05, 0.1) is 33.5 Å². The molecule has 23 heavy (non-hydrogen) atoms. The fourth-order valence-corrected chi connectivity index (χ4v) is 3.88. The third-order valence-corrected chi connectivity index (χ3v) is 5.14. The van der Waals surface area contributed by atoms with Gasteiger partial charge >= 0.3 is 0 Å². The summed E-state index contributed by atoms with van der Waals surface area (Å²) in [6.07, 6.45) is 2.95. The summed E-state index contributed by atoms with van der Waals surface area (Å²) in [5.41, 5.74) is 1.20. The van der Waals surface area contributed by atoms with Gasteiger partial charge < -0.3 is 19.3 Å². The van der Waals surface area contributed by atoms with Crippen molar-refractivity contribution >= 4 is 0 Å². The first-order chi connectivity index (χ1) is 11.2. The topological polar surface area (TPSA) is 51.2 Å². The van der Waals surface area contributed by atoms with Crippen molar-refractivity contribution in [1.82, 2.24) is 4.90 Å². The Balaban J connectivity index is 1.74. The lowest BCUT2D eigenvalue weighted by molar-refractivity contribution is -0.0536. The quantitative estimate of drug-likeness (QED) is 0.900. The van der Waals surface area contributed by atoms with Crippen LogP contribution in [0.25, 0.3) is 0 Å². The monoisotopic (exact) mass is 321 g/mol. The van der Waals surface area contributed by atoms with E-state index in [1.165, 1.54) is 5.56 Å². The van der Waals surface area contributed by atoms with E-state index in [0.29, 0.717) is 12.0 Å². The molecule has 1 saturated heterocycles. The number of aliphatic hydroxyl groups is 1. The van der Waals surface area contributed by atoms with Crippen LogP contribution in [0.2, 0.25) is 0 Å². The Bertz CT molecular complexity index is 522. The van der Waals surface area contributed by atoms with Gasteiger partial charge in [0.1, 0.15) is 0 Å². The van der Waals surface area contributed by atoms with Gasteiger partial charge in [-0.1, -0.05) is 12.5 Å². The third-order valence-electron chi connectivity index (χ3n) is 5.14. The van der Waals surface area contributed by atoms with Crippen LogP contribution in [0, 0.1) is 5.92 Å². The normalized spacial score (nSPS) is 28.7. The molecule has 3 unspecified atom stereocenters. The fourth-order valence-electron chi connectivity index (χ4n) is 3.88. The lowest BCUT2D eigenvalue weighted by Gasteiger charge is -2.40. The van der Waals surface area contributed by atoms with E-state index in [2.05, 4.69) is 11.0 Å². The summed E-state index contributed by atoms with van der Waals surface area (Å²) in [4.78, 5) is 2.45. The third kappa shape index (κ3) is 3.62. The van der Waals surface area contributed by atoms with Crippen molar-refractivity contribution in [1.29, 1.82) is 0 Å². The largest absolute Gasteiger partial charge is 0.493 e. The Labute approximate surface area is 138 Å². The number of rotatable bonds is 5. The van der Waals surface area contributed by atoms with Crippen LogP contribution in [0.4, 0.5) is 0 Å². The Morgan fingerprint density at radius 1 is 1.22 bits per heavy atom. The number of methoxy groups -OCH3 is 2. The van der Waals surface area contributed by atoms with Gasteiger partial charge in [-0.15, -0.1) is 0 Å². The number of hydrogen-bond donors (Lipinski definition) is 1. The molecule has 1 aromatic rings. The Morgan fingerprint density at radius 3 is 2.74 bits per heavy atom. The molecule has 3 atom stereocenters. The van der Waals surface area contributed by atoms with E-state index in [-0.39, 0.29) is 6.10 Å². The van der Waals surface area contributed by atoms with Crippen molar-refractivity contribution in [3.8, 4) is 11.5 Å². The Morgan fingerprint density at radius 2 is 2.04 bits per heavy atom. The van der Waals surface area contributed by atoms with E-state index >= 15 is 0 Å². The van der Waals surface area contributed by atoms with E-state index < -0.39 is 0 Å². The average Bonchev–Trinajstić information content (AvgIpc) is 3.01. The van der Waals surface area contributed by atoms with E-state index in [1.54, 1.807) is 14.2 Å². The number of ether oxygens (including phenoxy) is 3. The first kappa shape index (κ1) is 16.6. The fraction of sp³-hybridized carbons (Fsp3) is 0.667. The minimum atomic E-state index is -0.186. The van der Waals surface area contributed by atoms with Gasteiger partial charge in [-0.2, -0.15) is 0 Å². The average molecular weight is 321 g/mol. The van der Waals surface area contributed by atoms with Gasteiger partial charge in [0, 0.05) is 25.0 Å². The smallest absolute Gasteiger partial charge is 0.161 e. The van der Waals surface area contributed by atoms with Crippen LogP contribution in [0.15, 0.2) is 18.2 Å². The molecule has 1 aliphatic heterocycles. The molecule has 0 radical (unpaired) electrons. The van der Waals surface area contributed by atoms with Gasteiger partial charge in [-0.3, -0.25) is 4.90 Å². The lowest BCUT2D eigenvalue weighted by atomic mass is 9.94. The highest BCUT2D eigenvalue weighted by Crippen LogP contribution is 2.34. The summed E-state index contributed by atoms with van der Waals surface area (Å²) in [7, 11) is 3.31. The molecule has 1 N–H and O–H groups in total. The van der Waals surface area contributed by atoms with Crippen LogP contribution < -0.4 is 9.47 Å². The van der Waals surface area contributed by atoms with Crippen LogP contribution in [0.5, 0.6) is 11.5 Å². The summed E-state index contributed by atoms with van der Waals surface area (Å²) in [5, 5.41) is 10.3. The standard InChI is InChI=1S/C18H27NO4/c1-21-17-7-6-13(10-18(17)22-2)11-19-8-9-23-12-15(19)14-4-3-5-16(14)20/h6-7,10,14-16,20H,3-5,8-9,11-12H2,1-2H3. The molecule has 2 aliphatic rings. The second-order valence-electron chi connectivity index (χ2n) is 6.46. The highest BCUT2D eigenvalue weighted by molar-refractivity contribution is 5.42. The van der Waals surface area contributed by atoms with Crippen molar-refractivity contribution in [2.75, 3.05) is 34.0 Å². The second-order valence-corrected chi connectivity index (χ2v) is 6.46. The second kappa shape index (κ2) is 7.51. The molecule has 1 aliphatic carbocycles. The van der Waals surface area contributed by atoms with Gasteiger partial charge in [0.15, 0.2) is 11.5 Å². The van der Waals surface area contributed by atoms with E-state index in [9.17, 15) is 5.11 Å².